The van der Waals surface area contributed by atoms with Crippen LogP contribution >= 0.6 is 0 Å². The van der Waals surface area contributed by atoms with Crippen LogP contribution < -0.4 is 38.1 Å². The van der Waals surface area contributed by atoms with E-state index >= 15 is 0 Å². The van der Waals surface area contributed by atoms with Gasteiger partial charge in [-0.3, -0.25) is 14.1 Å². The van der Waals surface area contributed by atoms with Crippen LogP contribution in [-0.2, 0) is 15.9 Å². The third-order valence-electron chi connectivity index (χ3n) is 6.46. The van der Waals surface area contributed by atoms with Crippen molar-refractivity contribution in [3.05, 3.63) is 75.9 Å². The first-order valence-corrected chi connectivity index (χ1v) is 11.8. The lowest BCUT2D eigenvalue weighted by Gasteiger charge is -2.30. The molecule has 2 saturated heterocycles. The molecule has 13 heteroatoms. The van der Waals surface area contributed by atoms with Crippen LogP contribution in [0.5, 0.6) is 5.75 Å². The van der Waals surface area contributed by atoms with E-state index in [-0.39, 0.29) is 42.0 Å². The number of carbonyl (C=O) groups is 1. The van der Waals surface area contributed by atoms with Crippen molar-refractivity contribution in [2.45, 2.75) is 6.42 Å². The minimum Gasteiger partial charge on any atom is -1.00 e. The molecule has 3 aliphatic rings. The highest BCUT2D eigenvalue weighted by Gasteiger charge is 2.32. The molecule has 5 heterocycles. The number of cyclic esters (lactones) is 1. The fourth-order valence-corrected chi connectivity index (χ4v) is 4.56. The molecule has 0 atom stereocenters. The van der Waals surface area contributed by atoms with E-state index in [9.17, 15) is 19.1 Å². The van der Waals surface area contributed by atoms with Crippen molar-refractivity contribution in [2.24, 2.45) is 0 Å². The number of amidine groups is 1. The van der Waals surface area contributed by atoms with Gasteiger partial charge in [0, 0.05) is 25.7 Å². The average Bonchev–Trinajstić information content (AvgIpc) is 3.56. The van der Waals surface area contributed by atoms with Crippen LogP contribution in [0.2, 0.25) is 0 Å². The fourth-order valence-electron chi connectivity index (χ4n) is 4.56. The standard InChI is InChI=1S/C25H23FN6O5.ClH/c26-16-3-1-15(2-4-16)11-17-13-27-22(28-17)20-21(33)24(34)32-14-18(30-5-8-36-9-6-30)12-19(23(32)29-20)31-7-10-37-25(31)35;/h1-4,12-14,28,33H,5-11H2;1H/q+1;/p-1. The third-order valence-corrected chi connectivity index (χ3v) is 6.46. The molecule has 0 spiro atoms. The van der Waals surface area contributed by atoms with Gasteiger partial charge in [-0.05, 0) is 28.8 Å². The molecule has 11 nitrogen and oxygen atoms in total. The quantitative estimate of drug-likeness (QED) is 0.384. The molecule has 197 valence electrons. The topological polar surface area (TPSA) is 123 Å². The van der Waals surface area contributed by atoms with E-state index in [4.69, 9.17) is 9.47 Å². The second kappa shape index (κ2) is 10.3. The largest absolute Gasteiger partial charge is 1.00 e. The minimum atomic E-state index is -0.694. The predicted molar refractivity (Wildman–Crippen MR) is 132 cm³/mol. The Morgan fingerprint density at radius 1 is 1.11 bits per heavy atom. The third kappa shape index (κ3) is 4.63. The number of ether oxygens (including phenoxy) is 2. The van der Waals surface area contributed by atoms with E-state index in [1.807, 2.05) is 4.90 Å². The highest BCUT2D eigenvalue weighted by atomic mass is 35.5. The molecule has 0 aliphatic carbocycles. The summed E-state index contributed by atoms with van der Waals surface area (Å²) in [4.78, 5) is 38.2. The SMILES string of the molecule is O=C1OCCN1c1cc(N2CCOCC2)cn2c(=O)c(O)c(C3=[N+]C=C(Cc4ccc(F)cc4)N3)nc12.[Cl-]. The molecule has 2 aromatic heterocycles. The van der Waals surface area contributed by atoms with E-state index in [1.54, 1.807) is 30.6 Å². The first-order valence-electron chi connectivity index (χ1n) is 11.8. The van der Waals surface area contributed by atoms with Gasteiger partial charge in [0.05, 0.1) is 31.1 Å². The summed E-state index contributed by atoms with van der Waals surface area (Å²) in [7, 11) is 0. The van der Waals surface area contributed by atoms with Crippen LogP contribution in [0.1, 0.15) is 11.3 Å². The lowest BCUT2D eigenvalue weighted by atomic mass is 10.1. The second-order valence-electron chi connectivity index (χ2n) is 8.82. The van der Waals surface area contributed by atoms with Gasteiger partial charge >= 0.3 is 17.5 Å². The maximum Gasteiger partial charge on any atom is 0.414 e. The highest BCUT2D eigenvalue weighted by Crippen LogP contribution is 2.30. The molecule has 38 heavy (non-hydrogen) atoms. The van der Waals surface area contributed by atoms with Crippen molar-refractivity contribution in [2.75, 3.05) is 49.3 Å². The van der Waals surface area contributed by atoms with Gasteiger partial charge in [0.15, 0.2) is 11.8 Å². The summed E-state index contributed by atoms with van der Waals surface area (Å²) in [5.41, 5.74) is 2.09. The number of halogens is 2. The summed E-state index contributed by atoms with van der Waals surface area (Å²) >= 11 is 0. The maximum atomic E-state index is 13.4. The van der Waals surface area contributed by atoms with Crippen molar-refractivity contribution >= 4 is 29.0 Å². The Bertz CT molecular complexity index is 1520. The molecule has 6 rings (SSSR count). The molecule has 0 saturated carbocycles. The molecule has 1 aromatic carbocycles. The number of pyridine rings is 1. The minimum absolute atomic E-state index is 0. The number of aromatic nitrogens is 2. The van der Waals surface area contributed by atoms with Crippen LogP contribution in [0, 0.1) is 5.82 Å². The molecule has 0 unspecified atom stereocenters. The molecule has 2 N–H and O–H groups in total. The first-order chi connectivity index (χ1) is 18.0. The summed E-state index contributed by atoms with van der Waals surface area (Å²) in [6, 6.07) is 7.88. The van der Waals surface area contributed by atoms with Crippen LogP contribution in [0.4, 0.5) is 20.6 Å². The van der Waals surface area contributed by atoms with Crippen LogP contribution in [-0.4, -0.2) is 65.9 Å². The Hall–Kier alpha value is -4.16. The van der Waals surface area contributed by atoms with E-state index in [2.05, 4.69) is 15.3 Å². The van der Waals surface area contributed by atoms with Crippen molar-refractivity contribution in [1.82, 2.24) is 19.7 Å². The normalized spacial score (nSPS) is 17.1. The summed E-state index contributed by atoms with van der Waals surface area (Å²) in [6.07, 6.45) is 3.08. The number of aliphatic imine (C=N–C) groups is 1. The van der Waals surface area contributed by atoms with Gasteiger partial charge in [-0.25, -0.2) is 19.5 Å². The lowest BCUT2D eigenvalue weighted by Crippen LogP contribution is -3.00. The molecule has 1 radical (unpaired) electrons. The number of nitrogens with zero attached hydrogens (tertiary/aromatic N) is 5. The number of hydrogen-bond donors (Lipinski definition) is 2. The van der Waals surface area contributed by atoms with Gasteiger partial charge in [-0.1, -0.05) is 12.1 Å². The van der Waals surface area contributed by atoms with Crippen molar-refractivity contribution in [3.8, 4) is 5.75 Å². The van der Waals surface area contributed by atoms with Gasteiger partial charge in [-0.2, -0.15) is 0 Å². The summed E-state index contributed by atoms with van der Waals surface area (Å²) < 4.78 is 25.0. The van der Waals surface area contributed by atoms with Crippen LogP contribution in [0.3, 0.4) is 0 Å². The average molecular weight is 542 g/mol. The van der Waals surface area contributed by atoms with Gasteiger partial charge in [0.2, 0.25) is 11.4 Å². The summed E-state index contributed by atoms with van der Waals surface area (Å²) in [5.74, 6) is -0.704. The maximum absolute atomic E-state index is 13.4. The molecule has 0 bridgehead atoms. The summed E-state index contributed by atoms with van der Waals surface area (Å²) in [6.45, 7) is 2.82. The number of carbonyl (C=O) groups excluding carboxylic acids is 1. The lowest BCUT2D eigenvalue weighted by molar-refractivity contribution is -0.0000148. The Morgan fingerprint density at radius 2 is 1.87 bits per heavy atom. The van der Waals surface area contributed by atoms with Gasteiger partial charge < -0.3 is 31.9 Å². The van der Waals surface area contributed by atoms with Gasteiger partial charge in [-0.15, -0.1) is 0 Å². The van der Waals surface area contributed by atoms with E-state index in [0.29, 0.717) is 56.3 Å². The number of fused-ring (bicyclic) bond motifs is 1. The monoisotopic (exact) mass is 541 g/mol. The molecular weight excluding hydrogens is 519 g/mol. The van der Waals surface area contributed by atoms with Crippen LogP contribution in [0.15, 0.2) is 53.2 Å². The first kappa shape index (κ1) is 25.5. The van der Waals surface area contributed by atoms with Crippen molar-refractivity contribution < 1.29 is 36.2 Å². The van der Waals surface area contributed by atoms with Gasteiger partial charge in [0.25, 0.3) is 0 Å². The van der Waals surface area contributed by atoms with Crippen molar-refractivity contribution in [1.29, 1.82) is 0 Å². The second-order valence-corrected chi connectivity index (χ2v) is 8.82. The fraction of sp³-hybridized carbons (Fsp3) is 0.280. The Morgan fingerprint density at radius 3 is 2.58 bits per heavy atom. The molecular formula is C25H23ClFN6O5. The summed E-state index contributed by atoms with van der Waals surface area (Å²) in [5, 5.41) is 13.9. The predicted octanol–water partition coefficient (Wildman–Crippen LogP) is -1.89. The molecule has 3 aliphatic heterocycles. The van der Waals surface area contributed by atoms with Crippen molar-refractivity contribution in [3.63, 3.8) is 0 Å². The number of morpholine rings is 1. The smallest absolute Gasteiger partial charge is 0.414 e. The number of hydrogen-bond acceptors (Lipinski definition) is 9. The zero-order valence-electron chi connectivity index (χ0n) is 20.1. The molecule has 1 amide bonds. The molecule has 3 aromatic rings. The number of allylic oxidation sites excluding steroid dienone is 1. The number of rotatable bonds is 5. The Labute approximate surface area is 222 Å². The van der Waals surface area contributed by atoms with Gasteiger partial charge in [0.1, 0.15) is 18.1 Å². The van der Waals surface area contributed by atoms with E-state index < -0.39 is 17.4 Å². The number of amides is 1. The number of anilines is 2. The number of nitrogens with one attached hydrogen (secondary N) is 1. The zero-order chi connectivity index (χ0) is 25.5. The molecule has 2 fully saturated rings. The zero-order valence-corrected chi connectivity index (χ0v) is 20.8. The van der Waals surface area contributed by atoms with E-state index in [0.717, 1.165) is 5.56 Å². The Kier molecular flexibility index (Phi) is 6.91. The Balaban J connectivity index is 0.00000294. The number of aromatic hydroxyl groups is 1. The highest BCUT2D eigenvalue weighted by molar-refractivity contribution is 6.02. The van der Waals surface area contributed by atoms with E-state index in [1.165, 1.54) is 21.4 Å². The number of benzene rings is 1. The van der Waals surface area contributed by atoms with Crippen LogP contribution in [0.25, 0.3) is 5.65 Å².